The molecule has 2 fully saturated rings. The third kappa shape index (κ3) is 3.51. The maximum atomic E-state index is 12.1. The van der Waals surface area contributed by atoms with E-state index >= 15 is 0 Å². The van der Waals surface area contributed by atoms with E-state index < -0.39 is 11.6 Å². The Morgan fingerprint density at radius 2 is 1.80 bits per heavy atom. The molecule has 20 heavy (non-hydrogen) atoms. The second-order valence-electron chi connectivity index (χ2n) is 6.61. The zero-order chi connectivity index (χ0) is 14.8. The average molecular weight is 283 g/mol. The predicted octanol–water partition coefficient (Wildman–Crippen LogP) is 1.54. The highest BCUT2D eigenvalue weighted by Gasteiger charge is 2.36. The first-order valence-corrected chi connectivity index (χ1v) is 7.63. The molecule has 0 heterocycles. The number of aliphatic carboxylic acids is 1. The normalized spacial score (nSPS) is 32.8. The van der Waals surface area contributed by atoms with Crippen LogP contribution in [0.15, 0.2) is 0 Å². The molecule has 0 aromatic heterocycles. The summed E-state index contributed by atoms with van der Waals surface area (Å²) in [5.74, 6) is 0.0199. The van der Waals surface area contributed by atoms with Gasteiger partial charge in [-0.2, -0.15) is 0 Å². The van der Waals surface area contributed by atoms with Crippen LogP contribution in [0.1, 0.15) is 51.9 Å². The van der Waals surface area contributed by atoms with Gasteiger partial charge in [0.25, 0.3) is 0 Å². The molecule has 0 radical (unpaired) electrons. The number of nitrogens with one attached hydrogen (secondary N) is 1. The molecule has 0 aliphatic heterocycles. The minimum Gasteiger partial charge on any atom is -0.479 e. The van der Waals surface area contributed by atoms with Gasteiger partial charge >= 0.3 is 5.97 Å². The van der Waals surface area contributed by atoms with E-state index in [-0.39, 0.29) is 18.4 Å². The Hall–Kier alpha value is -1.10. The van der Waals surface area contributed by atoms with Crippen molar-refractivity contribution >= 4 is 11.9 Å². The summed E-state index contributed by atoms with van der Waals surface area (Å²) in [5.41, 5.74) is -1.89. The topological polar surface area (TPSA) is 86.6 Å². The first-order valence-electron chi connectivity index (χ1n) is 7.63. The quantitative estimate of drug-likeness (QED) is 0.730. The van der Waals surface area contributed by atoms with Crippen molar-refractivity contribution in [2.75, 3.05) is 6.54 Å². The fraction of sp³-hybridized carbons (Fsp3) is 0.867. The third-order valence-electron chi connectivity index (χ3n) is 4.98. The van der Waals surface area contributed by atoms with E-state index in [9.17, 15) is 14.7 Å². The summed E-state index contributed by atoms with van der Waals surface area (Å²) >= 11 is 0. The summed E-state index contributed by atoms with van der Waals surface area (Å²) in [6, 6.07) is 0. The first kappa shape index (κ1) is 15.3. The molecule has 2 aliphatic rings. The lowest BCUT2D eigenvalue weighted by molar-refractivity contribution is -0.156. The van der Waals surface area contributed by atoms with Crippen LogP contribution in [0, 0.1) is 17.8 Å². The summed E-state index contributed by atoms with van der Waals surface area (Å²) in [5, 5.41) is 21.0. The molecular weight excluding hydrogens is 258 g/mol. The minimum atomic E-state index is -1.89. The zero-order valence-corrected chi connectivity index (χ0v) is 12.1. The van der Waals surface area contributed by atoms with Crippen molar-refractivity contribution < 1.29 is 19.8 Å². The number of carbonyl (C=O) groups excluding carboxylic acids is 1. The summed E-state index contributed by atoms with van der Waals surface area (Å²) < 4.78 is 0. The Bertz CT molecular complexity index is 380. The maximum absolute atomic E-state index is 12.1. The molecule has 2 aliphatic carbocycles. The molecule has 3 N–H and O–H groups in total. The molecule has 0 saturated heterocycles. The predicted molar refractivity (Wildman–Crippen MR) is 74.1 cm³/mol. The molecule has 2 rings (SSSR count). The van der Waals surface area contributed by atoms with Crippen molar-refractivity contribution in [2.24, 2.45) is 17.8 Å². The van der Waals surface area contributed by atoms with E-state index in [0.29, 0.717) is 5.92 Å². The van der Waals surface area contributed by atoms with Gasteiger partial charge in [0.1, 0.15) is 0 Å². The van der Waals surface area contributed by atoms with Crippen molar-refractivity contribution in [3.63, 3.8) is 0 Å². The summed E-state index contributed by atoms with van der Waals surface area (Å²) in [4.78, 5) is 22.9. The van der Waals surface area contributed by atoms with E-state index in [4.69, 9.17) is 5.11 Å². The van der Waals surface area contributed by atoms with Crippen molar-refractivity contribution in [3.05, 3.63) is 0 Å². The van der Waals surface area contributed by atoms with Crippen molar-refractivity contribution in [3.8, 4) is 0 Å². The summed E-state index contributed by atoms with van der Waals surface area (Å²) in [7, 11) is 0. The highest BCUT2D eigenvalue weighted by molar-refractivity contribution is 5.81. The Morgan fingerprint density at radius 3 is 2.45 bits per heavy atom. The number of rotatable bonds is 4. The SMILES string of the molecule is CC(O)(CNC(=O)C1CCC2CCCCC2C1)C(=O)O. The Kier molecular flexibility index (Phi) is 4.68. The summed E-state index contributed by atoms with van der Waals surface area (Å²) in [6.07, 6.45) is 8.03. The third-order valence-corrected chi connectivity index (χ3v) is 4.98. The summed E-state index contributed by atoms with van der Waals surface area (Å²) in [6.45, 7) is 0.972. The highest BCUT2D eigenvalue weighted by Crippen LogP contribution is 2.42. The lowest BCUT2D eigenvalue weighted by Gasteiger charge is -2.38. The minimum absolute atomic E-state index is 0.0149. The van der Waals surface area contributed by atoms with Crippen LogP contribution in [0.2, 0.25) is 0 Å². The molecule has 5 heteroatoms. The van der Waals surface area contributed by atoms with Gasteiger partial charge in [-0.1, -0.05) is 25.7 Å². The van der Waals surface area contributed by atoms with Crippen molar-refractivity contribution in [1.82, 2.24) is 5.32 Å². The molecule has 0 aromatic rings. The van der Waals surface area contributed by atoms with Crippen LogP contribution in [0.25, 0.3) is 0 Å². The largest absolute Gasteiger partial charge is 0.479 e. The van der Waals surface area contributed by atoms with Gasteiger partial charge in [0.15, 0.2) is 5.60 Å². The van der Waals surface area contributed by atoms with Crippen LogP contribution < -0.4 is 5.32 Å². The monoisotopic (exact) mass is 283 g/mol. The number of aliphatic hydroxyl groups is 1. The van der Waals surface area contributed by atoms with Crippen LogP contribution in [-0.4, -0.2) is 34.2 Å². The van der Waals surface area contributed by atoms with Gasteiger partial charge in [0.05, 0.1) is 6.54 Å². The Morgan fingerprint density at radius 1 is 1.15 bits per heavy atom. The van der Waals surface area contributed by atoms with Gasteiger partial charge in [-0.05, 0) is 38.0 Å². The van der Waals surface area contributed by atoms with Gasteiger partial charge in [-0.15, -0.1) is 0 Å². The number of amides is 1. The van der Waals surface area contributed by atoms with Gasteiger partial charge in [-0.25, -0.2) is 4.79 Å². The number of carboxylic acid groups (broad SMARTS) is 1. The maximum Gasteiger partial charge on any atom is 0.337 e. The van der Waals surface area contributed by atoms with E-state index in [2.05, 4.69) is 5.32 Å². The fourth-order valence-electron chi connectivity index (χ4n) is 3.59. The molecule has 5 nitrogen and oxygen atoms in total. The molecule has 1 amide bonds. The lowest BCUT2D eigenvalue weighted by Crippen LogP contribution is -2.48. The average Bonchev–Trinajstić information content (AvgIpc) is 2.44. The van der Waals surface area contributed by atoms with Crippen LogP contribution in [0.4, 0.5) is 0 Å². The van der Waals surface area contributed by atoms with Crippen molar-refractivity contribution in [2.45, 2.75) is 57.5 Å². The standard InChI is InChI=1S/C15H25NO4/c1-15(20,14(18)19)9-16-13(17)12-7-6-10-4-2-3-5-11(10)8-12/h10-12,20H,2-9H2,1H3,(H,16,17)(H,18,19). The van der Waals surface area contributed by atoms with Crippen LogP contribution in [-0.2, 0) is 9.59 Å². The Labute approximate surface area is 119 Å². The molecule has 114 valence electrons. The van der Waals surface area contributed by atoms with Gasteiger partial charge in [0.2, 0.25) is 5.91 Å². The van der Waals surface area contributed by atoms with E-state index in [1.807, 2.05) is 0 Å². The molecular formula is C15H25NO4. The molecule has 4 unspecified atom stereocenters. The molecule has 4 atom stereocenters. The highest BCUT2D eigenvalue weighted by atomic mass is 16.4. The second kappa shape index (κ2) is 6.12. The number of carbonyl (C=O) groups is 2. The molecule has 2 saturated carbocycles. The lowest BCUT2D eigenvalue weighted by atomic mass is 9.67. The number of fused-ring (bicyclic) bond motifs is 1. The number of hydrogen-bond donors (Lipinski definition) is 3. The van der Waals surface area contributed by atoms with Gasteiger partial charge in [0, 0.05) is 5.92 Å². The van der Waals surface area contributed by atoms with Crippen LogP contribution in [0.3, 0.4) is 0 Å². The first-order chi connectivity index (χ1) is 9.40. The molecule has 0 spiro atoms. The number of carboxylic acids is 1. The van der Waals surface area contributed by atoms with Crippen LogP contribution >= 0.6 is 0 Å². The molecule has 0 aromatic carbocycles. The van der Waals surface area contributed by atoms with E-state index in [1.165, 1.54) is 32.6 Å². The molecule has 0 bridgehead atoms. The van der Waals surface area contributed by atoms with Gasteiger partial charge < -0.3 is 15.5 Å². The van der Waals surface area contributed by atoms with Crippen LogP contribution in [0.5, 0.6) is 0 Å². The Balaban J connectivity index is 1.83. The fourth-order valence-corrected chi connectivity index (χ4v) is 3.59. The van der Waals surface area contributed by atoms with E-state index in [1.54, 1.807) is 0 Å². The second-order valence-corrected chi connectivity index (χ2v) is 6.61. The smallest absolute Gasteiger partial charge is 0.337 e. The van der Waals surface area contributed by atoms with Crippen molar-refractivity contribution in [1.29, 1.82) is 0 Å². The zero-order valence-electron chi connectivity index (χ0n) is 12.1. The van der Waals surface area contributed by atoms with E-state index in [0.717, 1.165) is 25.2 Å². The van der Waals surface area contributed by atoms with Gasteiger partial charge in [-0.3, -0.25) is 4.79 Å². The number of hydrogen-bond acceptors (Lipinski definition) is 3.